The minimum atomic E-state index is 0.273. The lowest BCUT2D eigenvalue weighted by molar-refractivity contribution is 0.473. The van der Waals surface area contributed by atoms with Crippen LogP contribution in [0.5, 0.6) is 5.75 Å². The minimum absolute atomic E-state index is 0.273. The van der Waals surface area contributed by atoms with Gasteiger partial charge >= 0.3 is 0 Å². The van der Waals surface area contributed by atoms with E-state index in [4.69, 9.17) is 0 Å². The van der Waals surface area contributed by atoms with Crippen molar-refractivity contribution in [1.82, 2.24) is 19.8 Å². The van der Waals surface area contributed by atoms with Gasteiger partial charge in [0.1, 0.15) is 5.75 Å². The predicted octanol–water partition coefficient (Wildman–Crippen LogP) is 2.18. The molecular formula is C11H10N4OS. The summed E-state index contributed by atoms with van der Waals surface area (Å²) in [4.78, 5) is 0.735. The van der Waals surface area contributed by atoms with Gasteiger partial charge in [-0.05, 0) is 25.5 Å². The molecule has 0 aliphatic rings. The molecule has 3 rings (SSSR count). The number of fused-ring (bicyclic) bond motifs is 1. The van der Waals surface area contributed by atoms with Crippen LogP contribution in [0, 0.1) is 13.8 Å². The first-order chi connectivity index (χ1) is 8.16. The van der Waals surface area contributed by atoms with Crippen LogP contribution in [0.15, 0.2) is 18.2 Å². The summed E-state index contributed by atoms with van der Waals surface area (Å²) in [5, 5.41) is 23.1. The van der Waals surface area contributed by atoms with E-state index in [2.05, 4.69) is 15.3 Å². The highest BCUT2D eigenvalue weighted by Crippen LogP contribution is 2.34. The number of benzene rings is 1. The Bertz CT molecular complexity index is 701. The molecule has 0 saturated carbocycles. The molecule has 0 bridgehead atoms. The van der Waals surface area contributed by atoms with Crippen molar-refractivity contribution in [3.63, 3.8) is 0 Å². The van der Waals surface area contributed by atoms with Crippen molar-refractivity contribution < 1.29 is 5.11 Å². The molecule has 86 valence electrons. The summed E-state index contributed by atoms with van der Waals surface area (Å²) >= 11 is 1.41. The van der Waals surface area contributed by atoms with Gasteiger partial charge in [0.05, 0.1) is 5.56 Å². The first kappa shape index (κ1) is 10.2. The van der Waals surface area contributed by atoms with E-state index >= 15 is 0 Å². The smallest absolute Gasteiger partial charge is 0.234 e. The first-order valence-corrected chi connectivity index (χ1v) is 5.96. The highest BCUT2D eigenvalue weighted by Gasteiger charge is 2.13. The normalized spacial score (nSPS) is 11.2. The standard InChI is InChI=1S/C11H10N4OS/c1-6-4-3-5-8(9(6)16)10-14-15-7(2)12-13-11(15)17-10/h3-5,16H,1-2H3. The topological polar surface area (TPSA) is 63.3 Å². The zero-order valence-electron chi connectivity index (χ0n) is 9.38. The largest absolute Gasteiger partial charge is 0.507 e. The lowest BCUT2D eigenvalue weighted by Crippen LogP contribution is -1.89. The van der Waals surface area contributed by atoms with Crippen LogP contribution in [0.25, 0.3) is 15.5 Å². The average Bonchev–Trinajstić information content (AvgIpc) is 2.85. The van der Waals surface area contributed by atoms with Crippen LogP contribution in [-0.4, -0.2) is 24.9 Å². The molecule has 2 heterocycles. The Hall–Kier alpha value is -1.95. The highest BCUT2D eigenvalue weighted by molar-refractivity contribution is 7.19. The molecule has 3 aromatic rings. The maximum absolute atomic E-state index is 10.0. The molecule has 0 atom stereocenters. The van der Waals surface area contributed by atoms with E-state index in [0.717, 1.165) is 26.9 Å². The van der Waals surface area contributed by atoms with E-state index in [9.17, 15) is 5.11 Å². The van der Waals surface area contributed by atoms with Gasteiger partial charge in [0.25, 0.3) is 0 Å². The second-order valence-corrected chi connectivity index (χ2v) is 4.78. The lowest BCUT2D eigenvalue weighted by Gasteiger charge is -2.02. The summed E-state index contributed by atoms with van der Waals surface area (Å²) in [6.07, 6.45) is 0. The first-order valence-electron chi connectivity index (χ1n) is 5.14. The zero-order chi connectivity index (χ0) is 12.0. The fourth-order valence-electron chi connectivity index (χ4n) is 1.66. The fourth-order valence-corrected chi connectivity index (χ4v) is 2.57. The Morgan fingerprint density at radius 2 is 2.06 bits per heavy atom. The van der Waals surface area contributed by atoms with Crippen molar-refractivity contribution in [1.29, 1.82) is 0 Å². The molecule has 17 heavy (non-hydrogen) atoms. The van der Waals surface area contributed by atoms with Crippen molar-refractivity contribution in [2.24, 2.45) is 0 Å². The molecule has 6 heteroatoms. The quantitative estimate of drug-likeness (QED) is 0.714. The molecule has 5 nitrogen and oxygen atoms in total. The molecule has 0 saturated heterocycles. The van der Waals surface area contributed by atoms with E-state index in [-0.39, 0.29) is 5.75 Å². The Balaban J connectivity index is 2.23. The van der Waals surface area contributed by atoms with Crippen LogP contribution in [0.1, 0.15) is 11.4 Å². The van der Waals surface area contributed by atoms with Crippen LogP contribution in [0.2, 0.25) is 0 Å². The molecule has 1 aromatic carbocycles. The molecule has 0 fully saturated rings. The monoisotopic (exact) mass is 246 g/mol. The van der Waals surface area contributed by atoms with Gasteiger partial charge in [-0.2, -0.15) is 9.61 Å². The number of aromatic nitrogens is 4. The third-order valence-corrected chi connectivity index (χ3v) is 3.55. The summed E-state index contributed by atoms with van der Waals surface area (Å²) in [6, 6.07) is 5.62. The van der Waals surface area contributed by atoms with Crippen molar-refractivity contribution in [3.05, 3.63) is 29.6 Å². The van der Waals surface area contributed by atoms with E-state index in [0.29, 0.717) is 0 Å². The third-order valence-electron chi connectivity index (χ3n) is 2.61. The number of aryl methyl sites for hydroxylation is 2. The molecule has 0 amide bonds. The summed E-state index contributed by atoms with van der Waals surface area (Å²) in [5.41, 5.74) is 1.57. The molecule has 0 unspecified atom stereocenters. The van der Waals surface area contributed by atoms with Gasteiger partial charge in [0.15, 0.2) is 10.8 Å². The minimum Gasteiger partial charge on any atom is -0.507 e. The number of aromatic hydroxyl groups is 1. The van der Waals surface area contributed by atoms with Gasteiger partial charge in [-0.3, -0.25) is 0 Å². The van der Waals surface area contributed by atoms with Gasteiger partial charge in [-0.25, -0.2) is 0 Å². The van der Waals surface area contributed by atoms with E-state index < -0.39 is 0 Å². The Morgan fingerprint density at radius 1 is 1.24 bits per heavy atom. The SMILES string of the molecule is Cc1cccc(-c2nn3c(C)nnc3s2)c1O. The molecule has 1 N–H and O–H groups in total. The summed E-state index contributed by atoms with van der Waals surface area (Å²) in [5.74, 6) is 1.02. The lowest BCUT2D eigenvalue weighted by atomic mass is 10.1. The number of phenols is 1. The summed E-state index contributed by atoms with van der Waals surface area (Å²) < 4.78 is 1.68. The van der Waals surface area contributed by atoms with Crippen LogP contribution < -0.4 is 0 Å². The van der Waals surface area contributed by atoms with Crippen LogP contribution >= 0.6 is 11.3 Å². The number of hydrogen-bond donors (Lipinski definition) is 1. The van der Waals surface area contributed by atoms with Crippen molar-refractivity contribution in [2.75, 3.05) is 0 Å². The van der Waals surface area contributed by atoms with Gasteiger partial charge in [0, 0.05) is 0 Å². The van der Waals surface area contributed by atoms with Crippen LogP contribution in [-0.2, 0) is 0 Å². The van der Waals surface area contributed by atoms with Crippen molar-refractivity contribution in [2.45, 2.75) is 13.8 Å². The van der Waals surface area contributed by atoms with Crippen LogP contribution in [0.4, 0.5) is 0 Å². The molecule has 0 radical (unpaired) electrons. The number of para-hydroxylation sites is 1. The number of rotatable bonds is 1. The summed E-state index contributed by atoms with van der Waals surface area (Å²) in [6.45, 7) is 3.71. The predicted molar refractivity (Wildman–Crippen MR) is 65.2 cm³/mol. The zero-order valence-corrected chi connectivity index (χ0v) is 10.2. The van der Waals surface area contributed by atoms with E-state index in [1.165, 1.54) is 11.3 Å². The Kier molecular flexibility index (Phi) is 2.12. The molecule has 0 spiro atoms. The third kappa shape index (κ3) is 1.49. The highest BCUT2D eigenvalue weighted by atomic mass is 32.1. The Labute approximate surface area is 101 Å². The van der Waals surface area contributed by atoms with Gasteiger partial charge < -0.3 is 5.11 Å². The number of nitrogens with zero attached hydrogens (tertiary/aromatic N) is 4. The number of hydrogen-bond acceptors (Lipinski definition) is 5. The van der Waals surface area contributed by atoms with Crippen LogP contribution in [0.3, 0.4) is 0 Å². The Morgan fingerprint density at radius 3 is 2.82 bits per heavy atom. The fraction of sp³-hybridized carbons (Fsp3) is 0.182. The van der Waals surface area contributed by atoms with Gasteiger partial charge in [-0.1, -0.05) is 23.5 Å². The van der Waals surface area contributed by atoms with E-state index in [1.54, 1.807) is 4.52 Å². The second kappa shape index (κ2) is 3.53. The van der Waals surface area contributed by atoms with Gasteiger partial charge in [0.2, 0.25) is 4.96 Å². The van der Waals surface area contributed by atoms with E-state index in [1.807, 2.05) is 32.0 Å². The maximum atomic E-state index is 10.0. The molecule has 0 aliphatic heterocycles. The molecule has 0 aliphatic carbocycles. The molecule has 2 aromatic heterocycles. The average molecular weight is 246 g/mol. The number of phenolic OH excluding ortho intramolecular Hbond substituents is 1. The molecular weight excluding hydrogens is 236 g/mol. The van der Waals surface area contributed by atoms with Gasteiger partial charge in [-0.15, -0.1) is 10.2 Å². The van der Waals surface area contributed by atoms with Crippen molar-refractivity contribution in [3.8, 4) is 16.3 Å². The summed E-state index contributed by atoms with van der Waals surface area (Å²) in [7, 11) is 0. The van der Waals surface area contributed by atoms with Crippen molar-refractivity contribution >= 4 is 16.3 Å². The maximum Gasteiger partial charge on any atom is 0.234 e. The second-order valence-electron chi connectivity index (χ2n) is 3.82.